The van der Waals surface area contributed by atoms with Crippen molar-refractivity contribution in [2.75, 3.05) is 0 Å². The van der Waals surface area contributed by atoms with Gasteiger partial charge in [-0.05, 0) is 37.6 Å². The van der Waals surface area contributed by atoms with Gasteiger partial charge in [-0.15, -0.1) is 0 Å². The Hall–Kier alpha value is -1.32. The van der Waals surface area contributed by atoms with Crippen LogP contribution in [0.1, 0.15) is 22.3 Å². The molecule has 0 atom stereocenters. The summed E-state index contributed by atoms with van der Waals surface area (Å²) in [5.41, 5.74) is 10.4. The van der Waals surface area contributed by atoms with E-state index < -0.39 is 0 Å². The van der Waals surface area contributed by atoms with Crippen molar-refractivity contribution >= 4 is 15.9 Å². The fourth-order valence-electron chi connectivity index (χ4n) is 2.16. The Bertz CT molecular complexity index is 561. The Morgan fingerprint density at radius 3 is 2.37 bits per heavy atom. The van der Waals surface area contributed by atoms with Gasteiger partial charge in [-0.3, -0.25) is 0 Å². The van der Waals surface area contributed by atoms with Gasteiger partial charge in [-0.25, -0.2) is 0 Å². The van der Waals surface area contributed by atoms with E-state index in [4.69, 9.17) is 10.5 Å². The van der Waals surface area contributed by atoms with Crippen molar-refractivity contribution in [2.24, 2.45) is 5.73 Å². The van der Waals surface area contributed by atoms with E-state index in [0.717, 1.165) is 15.8 Å². The number of halogens is 1. The maximum Gasteiger partial charge on any atom is 0.124 e. The van der Waals surface area contributed by atoms with Gasteiger partial charge in [0.05, 0.1) is 0 Å². The molecule has 0 amide bonds. The Labute approximate surface area is 122 Å². The van der Waals surface area contributed by atoms with E-state index in [1.54, 1.807) is 0 Å². The van der Waals surface area contributed by atoms with Crippen molar-refractivity contribution in [3.05, 3.63) is 63.1 Å². The average Bonchev–Trinajstić information content (AvgIpc) is 2.36. The van der Waals surface area contributed by atoms with Gasteiger partial charge in [0.25, 0.3) is 0 Å². The van der Waals surface area contributed by atoms with Crippen LogP contribution >= 0.6 is 15.9 Å². The first-order valence-corrected chi connectivity index (χ1v) is 7.06. The smallest absolute Gasteiger partial charge is 0.124 e. The van der Waals surface area contributed by atoms with Gasteiger partial charge >= 0.3 is 0 Å². The molecule has 2 aromatic carbocycles. The third kappa shape index (κ3) is 3.82. The molecule has 19 heavy (non-hydrogen) atoms. The molecule has 0 heterocycles. The van der Waals surface area contributed by atoms with Crippen molar-refractivity contribution in [1.82, 2.24) is 0 Å². The van der Waals surface area contributed by atoms with E-state index in [1.807, 2.05) is 18.2 Å². The normalized spacial score (nSPS) is 10.5. The molecule has 100 valence electrons. The second-order valence-corrected chi connectivity index (χ2v) is 5.66. The minimum absolute atomic E-state index is 0.474. The van der Waals surface area contributed by atoms with Gasteiger partial charge in [0.2, 0.25) is 0 Å². The zero-order chi connectivity index (χ0) is 13.8. The molecule has 0 unspecified atom stereocenters. The number of nitrogens with two attached hydrogens (primary N) is 1. The van der Waals surface area contributed by atoms with Gasteiger partial charge in [0, 0.05) is 16.6 Å². The van der Waals surface area contributed by atoms with Crippen LogP contribution in [0.4, 0.5) is 0 Å². The summed E-state index contributed by atoms with van der Waals surface area (Å²) in [4.78, 5) is 0. The van der Waals surface area contributed by atoms with E-state index in [9.17, 15) is 0 Å². The van der Waals surface area contributed by atoms with Crippen LogP contribution in [-0.2, 0) is 13.2 Å². The highest BCUT2D eigenvalue weighted by Gasteiger charge is 2.04. The van der Waals surface area contributed by atoms with Crippen molar-refractivity contribution in [3.8, 4) is 5.75 Å². The summed E-state index contributed by atoms with van der Waals surface area (Å²) in [7, 11) is 0. The highest BCUT2D eigenvalue weighted by atomic mass is 79.9. The Balaban J connectivity index is 2.14. The molecule has 0 aliphatic carbocycles. The topological polar surface area (TPSA) is 35.2 Å². The third-order valence-corrected chi connectivity index (χ3v) is 3.41. The summed E-state index contributed by atoms with van der Waals surface area (Å²) in [6, 6.07) is 12.4. The summed E-state index contributed by atoms with van der Waals surface area (Å²) in [5, 5.41) is 0. The van der Waals surface area contributed by atoms with Gasteiger partial charge in [0.15, 0.2) is 0 Å². The molecule has 0 aromatic heterocycles. The maximum absolute atomic E-state index is 5.88. The molecule has 0 bridgehead atoms. The Kier molecular flexibility index (Phi) is 4.61. The van der Waals surface area contributed by atoms with Crippen LogP contribution in [0.5, 0.6) is 5.75 Å². The highest BCUT2D eigenvalue weighted by Crippen LogP contribution is 2.24. The second kappa shape index (κ2) is 6.22. The summed E-state index contributed by atoms with van der Waals surface area (Å²) in [5.74, 6) is 0.852. The van der Waals surface area contributed by atoms with Crippen molar-refractivity contribution < 1.29 is 4.74 Å². The predicted molar refractivity (Wildman–Crippen MR) is 82.3 cm³/mol. The summed E-state index contributed by atoms with van der Waals surface area (Å²) < 4.78 is 6.90. The first-order valence-electron chi connectivity index (χ1n) is 6.27. The zero-order valence-corrected chi connectivity index (χ0v) is 12.8. The fraction of sp³-hybridized carbons (Fsp3) is 0.250. The largest absolute Gasteiger partial charge is 0.489 e. The zero-order valence-electron chi connectivity index (χ0n) is 11.2. The minimum atomic E-state index is 0.474. The quantitative estimate of drug-likeness (QED) is 0.920. The standard InChI is InChI=1S/C16H18BrNO/c1-11-5-12(2)7-13(6-11)10-19-16-4-3-15(17)8-14(16)9-18/h3-8H,9-10,18H2,1-2H3. The number of benzene rings is 2. The van der Waals surface area contributed by atoms with Crippen LogP contribution in [0.2, 0.25) is 0 Å². The third-order valence-electron chi connectivity index (χ3n) is 2.92. The van der Waals surface area contributed by atoms with Crippen LogP contribution in [0, 0.1) is 13.8 Å². The Morgan fingerprint density at radius 2 is 1.74 bits per heavy atom. The number of hydrogen-bond acceptors (Lipinski definition) is 2. The van der Waals surface area contributed by atoms with Crippen molar-refractivity contribution in [3.63, 3.8) is 0 Å². The van der Waals surface area contributed by atoms with Crippen LogP contribution in [0.3, 0.4) is 0 Å². The molecule has 0 spiro atoms. The molecule has 2 N–H and O–H groups in total. The molecule has 2 rings (SSSR count). The summed E-state index contributed by atoms with van der Waals surface area (Å²) >= 11 is 3.44. The van der Waals surface area contributed by atoms with Crippen LogP contribution < -0.4 is 10.5 Å². The minimum Gasteiger partial charge on any atom is -0.489 e. The number of ether oxygens (including phenoxy) is 1. The van der Waals surface area contributed by atoms with Gasteiger partial charge < -0.3 is 10.5 Å². The first kappa shape index (κ1) is 14.1. The number of rotatable bonds is 4. The molecule has 2 aromatic rings. The highest BCUT2D eigenvalue weighted by molar-refractivity contribution is 9.10. The molecule has 2 nitrogen and oxygen atoms in total. The lowest BCUT2D eigenvalue weighted by Gasteiger charge is -2.12. The lowest BCUT2D eigenvalue weighted by molar-refractivity contribution is 0.303. The van der Waals surface area contributed by atoms with E-state index in [2.05, 4.69) is 48.0 Å². The second-order valence-electron chi connectivity index (χ2n) is 4.74. The maximum atomic E-state index is 5.88. The number of hydrogen-bond donors (Lipinski definition) is 1. The van der Waals surface area contributed by atoms with E-state index >= 15 is 0 Å². The monoisotopic (exact) mass is 319 g/mol. The van der Waals surface area contributed by atoms with E-state index in [0.29, 0.717) is 13.2 Å². The molecule has 0 saturated carbocycles. The lowest BCUT2D eigenvalue weighted by Crippen LogP contribution is -2.03. The Morgan fingerprint density at radius 1 is 1.05 bits per heavy atom. The average molecular weight is 320 g/mol. The van der Waals surface area contributed by atoms with Crippen LogP contribution in [0.15, 0.2) is 40.9 Å². The predicted octanol–water partition coefficient (Wildman–Crippen LogP) is 4.10. The van der Waals surface area contributed by atoms with Crippen molar-refractivity contribution in [2.45, 2.75) is 27.0 Å². The molecule has 3 heteroatoms. The molecular weight excluding hydrogens is 302 g/mol. The molecule has 0 fully saturated rings. The molecule has 0 saturated heterocycles. The first-order chi connectivity index (χ1) is 9.08. The molecule has 0 aliphatic heterocycles. The van der Waals surface area contributed by atoms with Crippen LogP contribution in [0.25, 0.3) is 0 Å². The van der Waals surface area contributed by atoms with Crippen LogP contribution in [-0.4, -0.2) is 0 Å². The molecular formula is C16H18BrNO. The van der Waals surface area contributed by atoms with E-state index in [-0.39, 0.29) is 0 Å². The summed E-state index contributed by atoms with van der Waals surface area (Å²) in [6.07, 6.45) is 0. The lowest BCUT2D eigenvalue weighted by atomic mass is 10.1. The van der Waals surface area contributed by atoms with E-state index in [1.165, 1.54) is 16.7 Å². The summed E-state index contributed by atoms with van der Waals surface area (Å²) in [6.45, 7) is 5.24. The SMILES string of the molecule is Cc1cc(C)cc(COc2ccc(Br)cc2CN)c1. The fourth-order valence-corrected chi connectivity index (χ4v) is 2.57. The van der Waals surface area contributed by atoms with Gasteiger partial charge in [0.1, 0.15) is 12.4 Å². The molecule has 0 radical (unpaired) electrons. The number of aryl methyl sites for hydroxylation is 2. The van der Waals surface area contributed by atoms with Gasteiger partial charge in [-0.2, -0.15) is 0 Å². The van der Waals surface area contributed by atoms with Crippen molar-refractivity contribution in [1.29, 1.82) is 0 Å². The van der Waals surface area contributed by atoms with Gasteiger partial charge in [-0.1, -0.05) is 45.3 Å². The molecule has 0 aliphatic rings.